The molecule has 1 aromatic carbocycles. The quantitative estimate of drug-likeness (QED) is 0.694. The predicted molar refractivity (Wildman–Crippen MR) is 102 cm³/mol. The first-order chi connectivity index (χ1) is 11.8. The van der Waals surface area contributed by atoms with Crippen LogP contribution in [0.2, 0.25) is 0 Å². The number of carbonyl (C=O) groups is 1. The normalized spacial score (nSPS) is 19.5. The van der Waals surface area contributed by atoms with E-state index in [9.17, 15) is 4.79 Å². The first-order valence-corrected chi connectivity index (χ1v) is 9.94. The Bertz CT molecular complexity index is 630. The first-order valence-electron chi connectivity index (χ1n) is 9.15. The number of piperidine rings is 1. The second-order valence-corrected chi connectivity index (χ2v) is 9.16. The van der Waals surface area contributed by atoms with Crippen molar-refractivity contribution in [3.8, 4) is 5.75 Å². The highest BCUT2D eigenvalue weighted by atomic mass is 79.9. The van der Waals surface area contributed by atoms with Crippen LogP contribution in [-0.2, 0) is 14.9 Å². The van der Waals surface area contributed by atoms with Gasteiger partial charge in [-0.1, -0.05) is 22.0 Å². The molecule has 1 aromatic rings. The van der Waals surface area contributed by atoms with Crippen LogP contribution in [0.1, 0.15) is 52.0 Å². The Morgan fingerprint density at radius 3 is 2.72 bits per heavy atom. The molecule has 0 aromatic heterocycles. The highest BCUT2D eigenvalue weighted by Gasteiger charge is 2.42. The molecule has 0 atom stereocenters. The molecule has 1 fully saturated rings. The smallest absolute Gasteiger partial charge is 0.306 e. The van der Waals surface area contributed by atoms with Crippen molar-refractivity contribution in [1.29, 1.82) is 0 Å². The summed E-state index contributed by atoms with van der Waals surface area (Å²) in [4.78, 5) is 14.3. The van der Waals surface area contributed by atoms with Gasteiger partial charge in [0, 0.05) is 21.9 Å². The molecule has 0 N–H and O–H groups in total. The van der Waals surface area contributed by atoms with E-state index in [1.807, 2.05) is 20.8 Å². The summed E-state index contributed by atoms with van der Waals surface area (Å²) >= 11 is 3.52. The molecule has 0 aliphatic carbocycles. The summed E-state index contributed by atoms with van der Waals surface area (Å²) in [6.45, 7) is 9.62. The lowest BCUT2D eigenvalue weighted by Gasteiger charge is -2.38. The van der Waals surface area contributed by atoms with Gasteiger partial charge in [0.1, 0.15) is 11.4 Å². The van der Waals surface area contributed by atoms with Gasteiger partial charge in [0.15, 0.2) is 0 Å². The van der Waals surface area contributed by atoms with Crippen molar-refractivity contribution in [3.05, 3.63) is 28.2 Å². The number of fused-ring (bicyclic) bond motifs is 2. The van der Waals surface area contributed by atoms with Crippen molar-refractivity contribution in [3.63, 3.8) is 0 Å². The van der Waals surface area contributed by atoms with Crippen LogP contribution in [0.25, 0.3) is 0 Å². The van der Waals surface area contributed by atoms with Crippen LogP contribution in [0.3, 0.4) is 0 Å². The van der Waals surface area contributed by atoms with E-state index in [1.54, 1.807) is 0 Å². The monoisotopic (exact) mass is 409 g/mol. The number of halogens is 1. The molecule has 0 amide bonds. The Morgan fingerprint density at radius 1 is 1.32 bits per heavy atom. The van der Waals surface area contributed by atoms with Gasteiger partial charge >= 0.3 is 5.97 Å². The summed E-state index contributed by atoms with van der Waals surface area (Å²) in [6, 6.07) is 6.41. The molecule has 4 nitrogen and oxygen atoms in total. The lowest BCUT2D eigenvalue weighted by atomic mass is 9.74. The van der Waals surface area contributed by atoms with Gasteiger partial charge in [-0.05, 0) is 71.8 Å². The number of likely N-dealkylation sites (tertiary alicyclic amines) is 1. The van der Waals surface area contributed by atoms with Crippen molar-refractivity contribution in [2.24, 2.45) is 0 Å². The largest absolute Gasteiger partial charge is 0.492 e. The Labute approximate surface area is 159 Å². The maximum absolute atomic E-state index is 11.8. The van der Waals surface area contributed by atoms with E-state index in [1.165, 1.54) is 5.56 Å². The van der Waals surface area contributed by atoms with Crippen molar-refractivity contribution >= 4 is 21.9 Å². The third kappa shape index (κ3) is 4.56. The number of nitrogens with zero attached hydrogens (tertiary/aromatic N) is 1. The third-order valence-corrected chi connectivity index (χ3v) is 5.60. The van der Waals surface area contributed by atoms with E-state index >= 15 is 0 Å². The molecule has 3 rings (SSSR count). The zero-order valence-electron chi connectivity index (χ0n) is 15.4. The van der Waals surface area contributed by atoms with Gasteiger partial charge < -0.3 is 14.4 Å². The van der Waals surface area contributed by atoms with Gasteiger partial charge in [-0.25, -0.2) is 0 Å². The van der Waals surface area contributed by atoms with Crippen LogP contribution in [-0.4, -0.2) is 42.7 Å². The maximum Gasteiger partial charge on any atom is 0.306 e. The number of benzene rings is 1. The van der Waals surface area contributed by atoms with Gasteiger partial charge in [0.2, 0.25) is 0 Å². The van der Waals surface area contributed by atoms with E-state index in [2.05, 4.69) is 39.0 Å². The Hall–Kier alpha value is -1.07. The van der Waals surface area contributed by atoms with Crippen LogP contribution in [0, 0.1) is 0 Å². The summed E-state index contributed by atoms with van der Waals surface area (Å²) in [5, 5.41) is 0. The van der Waals surface area contributed by atoms with Crippen LogP contribution in [0.5, 0.6) is 5.75 Å². The zero-order valence-corrected chi connectivity index (χ0v) is 17.0. The van der Waals surface area contributed by atoms with Gasteiger partial charge in [-0.3, -0.25) is 4.79 Å². The average molecular weight is 410 g/mol. The molecule has 25 heavy (non-hydrogen) atoms. The molecule has 0 saturated carbocycles. The second-order valence-electron chi connectivity index (χ2n) is 8.24. The fourth-order valence-corrected chi connectivity index (χ4v) is 4.15. The maximum atomic E-state index is 11.8. The molecule has 1 saturated heterocycles. The summed E-state index contributed by atoms with van der Waals surface area (Å²) in [7, 11) is 0. The van der Waals surface area contributed by atoms with E-state index in [-0.39, 0.29) is 17.0 Å². The molecule has 2 aliphatic rings. The fourth-order valence-electron chi connectivity index (χ4n) is 3.81. The summed E-state index contributed by atoms with van der Waals surface area (Å²) < 4.78 is 12.4. The van der Waals surface area contributed by atoms with Crippen molar-refractivity contribution in [2.75, 3.05) is 26.2 Å². The van der Waals surface area contributed by atoms with Gasteiger partial charge in [0.25, 0.3) is 0 Å². The molecule has 1 spiro atoms. The van der Waals surface area contributed by atoms with Gasteiger partial charge in [-0.2, -0.15) is 0 Å². The van der Waals surface area contributed by atoms with Crippen molar-refractivity contribution in [2.45, 2.75) is 57.5 Å². The van der Waals surface area contributed by atoms with Crippen LogP contribution in [0.4, 0.5) is 0 Å². The highest BCUT2D eigenvalue weighted by molar-refractivity contribution is 9.10. The molecule has 138 valence electrons. The molecule has 2 heterocycles. The van der Waals surface area contributed by atoms with Crippen LogP contribution >= 0.6 is 15.9 Å². The number of carbonyl (C=O) groups excluding carboxylic acids is 1. The third-order valence-electron chi connectivity index (χ3n) is 5.11. The first kappa shape index (κ1) is 18.7. The lowest BCUT2D eigenvalue weighted by molar-refractivity contribution is -0.155. The number of hydrogen-bond acceptors (Lipinski definition) is 4. The van der Waals surface area contributed by atoms with E-state index in [0.717, 1.165) is 55.7 Å². The average Bonchev–Trinajstić information content (AvgIpc) is 2.85. The topological polar surface area (TPSA) is 38.8 Å². The molecule has 0 radical (unpaired) electrons. The van der Waals surface area contributed by atoms with Crippen LogP contribution < -0.4 is 4.74 Å². The van der Waals surface area contributed by atoms with Crippen LogP contribution in [0.15, 0.2) is 22.7 Å². The minimum Gasteiger partial charge on any atom is -0.492 e. The number of rotatable bonds is 4. The number of esters is 1. The molecule has 5 heteroatoms. The molecular weight excluding hydrogens is 382 g/mol. The summed E-state index contributed by atoms with van der Waals surface area (Å²) in [6.07, 6.45) is 3.60. The van der Waals surface area contributed by atoms with Crippen molar-refractivity contribution in [1.82, 2.24) is 4.90 Å². The number of ether oxygens (including phenoxy) is 2. The fraction of sp³-hybridized carbons (Fsp3) is 0.650. The van der Waals surface area contributed by atoms with E-state index < -0.39 is 0 Å². The van der Waals surface area contributed by atoms with Gasteiger partial charge in [0.05, 0.1) is 6.61 Å². The molecular formula is C20H28BrNO3. The zero-order chi connectivity index (χ0) is 18.1. The Balaban J connectivity index is 1.47. The van der Waals surface area contributed by atoms with E-state index in [4.69, 9.17) is 9.47 Å². The summed E-state index contributed by atoms with van der Waals surface area (Å²) in [5.41, 5.74) is 1.15. The molecule has 0 bridgehead atoms. The SMILES string of the molecule is CC(C)(C)OC(=O)CCCN1CCC2(CC1)COc1cc(Br)ccc12. The van der Waals surface area contributed by atoms with Gasteiger partial charge in [-0.15, -0.1) is 0 Å². The standard InChI is InChI=1S/C20H28BrNO3/c1-19(2,3)25-18(23)5-4-10-22-11-8-20(9-12-22)14-24-17-13-15(21)6-7-16(17)20/h6-7,13H,4-5,8-12,14H2,1-3H3. The Morgan fingerprint density at radius 2 is 2.04 bits per heavy atom. The predicted octanol–water partition coefficient (Wildman–Crippen LogP) is 4.30. The number of hydrogen-bond donors (Lipinski definition) is 0. The summed E-state index contributed by atoms with van der Waals surface area (Å²) in [5.74, 6) is 0.942. The molecule has 0 unspecified atom stereocenters. The van der Waals surface area contributed by atoms with Crippen molar-refractivity contribution < 1.29 is 14.3 Å². The van der Waals surface area contributed by atoms with E-state index in [0.29, 0.717) is 6.42 Å². The molecule has 2 aliphatic heterocycles. The second kappa shape index (κ2) is 7.28. The lowest BCUT2D eigenvalue weighted by Crippen LogP contribution is -2.44. The minimum atomic E-state index is -0.389. The minimum absolute atomic E-state index is 0.0929. The highest BCUT2D eigenvalue weighted by Crippen LogP contribution is 2.46. The Kier molecular flexibility index (Phi) is 5.45.